The number of hydrogen-bond donors (Lipinski definition) is 2. The summed E-state index contributed by atoms with van der Waals surface area (Å²) in [6.07, 6.45) is -0.232. The highest BCUT2D eigenvalue weighted by atomic mass is 32.2. The van der Waals surface area contributed by atoms with Gasteiger partial charge in [-0.05, 0) is 66.7 Å². The predicted octanol–water partition coefficient (Wildman–Crippen LogP) is 3.90. The monoisotopic (exact) mass is 407 g/mol. The first-order valence-electron chi connectivity index (χ1n) is 8.24. The van der Waals surface area contributed by atoms with Crippen LogP contribution in [-0.4, -0.2) is 23.1 Å². The minimum Gasteiger partial charge on any atom is -0.486 e. The fraction of sp³-hybridized carbons (Fsp3) is 0.263. The average Bonchev–Trinajstić information content (AvgIpc) is 3.04. The Kier molecular flexibility index (Phi) is 5.17. The maximum atomic E-state index is 12.5. The van der Waals surface area contributed by atoms with Gasteiger partial charge in [-0.2, -0.15) is 18.4 Å². The average molecular weight is 407 g/mol. The summed E-state index contributed by atoms with van der Waals surface area (Å²) in [4.78, 5) is 12.5. The van der Waals surface area contributed by atoms with Gasteiger partial charge in [-0.3, -0.25) is 4.79 Å². The number of carbonyl (C=O) groups is 1. The zero-order valence-corrected chi connectivity index (χ0v) is 15.5. The van der Waals surface area contributed by atoms with Crippen LogP contribution in [0.2, 0.25) is 0 Å². The third-order valence-corrected chi connectivity index (χ3v) is 5.10. The number of alkyl halides is 3. The number of nitrogens with zero attached hydrogens (tertiary/aromatic N) is 1. The van der Waals surface area contributed by atoms with Crippen LogP contribution in [0.4, 0.5) is 18.9 Å². The van der Waals surface area contributed by atoms with E-state index in [4.69, 9.17) is 10.5 Å². The Labute approximate surface area is 163 Å². The van der Waals surface area contributed by atoms with Gasteiger partial charge in [0.1, 0.15) is 11.9 Å². The number of amides is 1. The van der Waals surface area contributed by atoms with Gasteiger partial charge in [0.05, 0.1) is 6.07 Å². The van der Waals surface area contributed by atoms with Gasteiger partial charge in [0.25, 0.3) is 5.91 Å². The largest absolute Gasteiger partial charge is 0.486 e. The van der Waals surface area contributed by atoms with Crippen LogP contribution in [0.3, 0.4) is 0 Å². The second-order valence-electron chi connectivity index (χ2n) is 6.52. The second-order valence-corrected chi connectivity index (χ2v) is 7.66. The van der Waals surface area contributed by atoms with Crippen molar-refractivity contribution in [2.45, 2.75) is 35.4 Å². The Morgan fingerprint density at radius 1 is 1.29 bits per heavy atom. The summed E-state index contributed by atoms with van der Waals surface area (Å²) >= 11 is -0.261. The van der Waals surface area contributed by atoms with Crippen LogP contribution in [0.1, 0.15) is 22.8 Å². The van der Waals surface area contributed by atoms with Crippen LogP contribution >= 0.6 is 11.8 Å². The van der Waals surface area contributed by atoms with Gasteiger partial charge in [0, 0.05) is 22.6 Å². The van der Waals surface area contributed by atoms with E-state index in [9.17, 15) is 23.2 Å². The number of fused-ring (bicyclic) bond motifs is 1. The van der Waals surface area contributed by atoms with Crippen molar-refractivity contribution in [3.05, 3.63) is 53.6 Å². The van der Waals surface area contributed by atoms with Crippen molar-refractivity contribution in [2.75, 3.05) is 5.73 Å². The third kappa shape index (κ3) is 4.34. The summed E-state index contributed by atoms with van der Waals surface area (Å²) in [5.74, 6) is 0.0233. The molecule has 0 fully saturated rings. The van der Waals surface area contributed by atoms with E-state index in [2.05, 4.69) is 11.4 Å². The molecule has 0 aliphatic carbocycles. The van der Waals surface area contributed by atoms with Crippen molar-refractivity contribution in [2.24, 2.45) is 0 Å². The SMILES string of the molecule is CC(C#N)(NC(=O)c1ccc(SC(F)(F)F)cc1)C1Cc2cc(N)ccc2O1. The van der Waals surface area contributed by atoms with Gasteiger partial charge in [-0.1, -0.05) is 0 Å². The molecule has 2 unspecified atom stereocenters. The van der Waals surface area contributed by atoms with Crippen LogP contribution < -0.4 is 15.8 Å². The number of nitrogens with one attached hydrogen (secondary N) is 1. The Morgan fingerprint density at radius 3 is 2.57 bits per heavy atom. The molecule has 2 aromatic carbocycles. The van der Waals surface area contributed by atoms with Crippen LogP contribution in [0, 0.1) is 11.3 Å². The number of halogens is 3. The minimum absolute atomic E-state index is 0.0285. The first-order valence-corrected chi connectivity index (χ1v) is 9.06. The van der Waals surface area contributed by atoms with Gasteiger partial charge < -0.3 is 15.8 Å². The zero-order valence-electron chi connectivity index (χ0n) is 14.7. The van der Waals surface area contributed by atoms with Crippen molar-refractivity contribution in [1.29, 1.82) is 5.26 Å². The van der Waals surface area contributed by atoms with Crippen LogP contribution in [0.25, 0.3) is 0 Å². The molecule has 28 heavy (non-hydrogen) atoms. The lowest BCUT2D eigenvalue weighted by molar-refractivity contribution is -0.0328. The molecule has 0 saturated carbocycles. The molecule has 3 N–H and O–H groups in total. The standard InChI is InChI=1S/C19H16F3N3O2S/c1-18(10-23,16-9-12-8-13(24)4-7-15(12)27-16)25-17(26)11-2-5-14(6-3-11)28-19(20,21)22/h2-8,16H,9,24H2,1H3,(H,25,26). The summed E-state index contributed by atoms with van der Waals surface area (Å²) in [6.45, 7) is 1.54. The summed E-state index contributed by atoms with van der Waals surface area (Å²) in [5, 5.41) is 12.3. The van der Waals surface area contributed by atoms with Crippen molar-refractivity contribution in [3.8, 4) is 11.8 Å². The number of anilines is 1. The van der Waals surface area contributed by atoms with E-state index in [1.807, 2.05) is 0 Å². The Balaban J connectivity index is 1.72. The van der Waals surface area contributed by atoms with Crippen LogP contribution in [-0.2, 0) is 6.42 Å². The smallest absolute Gasteiger partial charge is 0.446 e. The normalized spacial score (nSPS) is 17.8. The maximum absolute atomic E-state index is 12.5. The lowest BCUT2D eigenvalue weighted by Crippen LogP contribution is -2.55. The van der Waals surface area contributed by atoms with E-state index in [0.717, 1.165) is 5.56 Å². The molecule has 3 rings (SSSR count). The molecule has 0 spiro atoms. The number of nitrogens with two attached hydrogens (primary N) is 1. The number of rotatable bonds is 4. The number of benzene rings is 2. The first kappa shape index (κ1) is 19.9. The number of nitriles is 1. The number of nitrogen functional groups attached to an aromatic ring is 1. The molecule has 2 atom stereocenters. The van der Waals surface area contributed by atoms with Gasteiger partial charge in [0.2, 0.25) is 0 Å². The summed E-state index contributed by atoms with van der Waals surface area (Å²) in [5.41, 5.74) is 1.58. The molecule has 5 nitrogen and oxygen atoms in total. The molecule has 0 aromatic heterocycles. The number of thioether (sulfide) groups is 1. The van der Waals surface area contributed by atoms with E-state index < -0.39 is 23.1 Å². The molecule has 0 radical (unpaired) electrons. The number of carbonyl (C=O) groups excluding carboxylic acids is 1. The molecule has 2 aromatic rings. The number of hydrogen-bond acceptors (Lipinski definition) is 5. The third-order valence-electron chi connectivity index (χ3n) is 4.36. The first-order chi connectivity index (χ1) is 13.1. The van der Waals surface area contributed by atoms with Crippen molar-refractivity contribution in [1.82, 2.24) is 5.32 Å². The molecule has 0 saturated heterocycles. The molecular weight excluding hydrogens is 391 g/mol. The van der Waals surface area contributed by atoms with Crippen molar-refractivity contribution < 1.29 is 22.7 Å². The van der Waals surface area contributed by atoms with Gasteiger partial charge >= 0.3 is 5.51 Å². The molecule has 1 heterocycles. The lowest BCUT2D eigenvalue weighted by Gasteiger charge is -2.29. The lowest BCUT2D eigenvalue weighted by atomic mass is 9.92. The quantitative estimate of drug-likeness (QED) is 0.593. The Morgan fingerprint density at radius 2 is 1.96 bits per heavy atom. The van der Waals surface area contributed by atoms with Crippen molar-refractivity contribution in [3.63, 3.8) is 0 Å². The van der Waals surface area contributed by atoms with E-state index in [-0.39, 0.29) is 22.2 Å². The topological polar surface area (TPSA) is 88.1 Å². The van der Waals surface area contributed by atoms with Crippen LogP contribution in [0.5, 0.6) is 5.75 Å². The highest BCUT2D eigenvalue weighted by molar-refractivity contribution is 8.00. The van der Waals surface area contributed by atoms with Gasteiger partial charge in [-0.15, -0.1) is 0 Å². The van der Waals surface area contributed by atoms with E-state index >= 15 is 0 Å². The fourth-order valence-corrected chi connectivity index (χ4v) is 3.43. The summed E-state index contributed by atoms with van der Waals surface area (Å²) < 4.78 is 43.0. The fourth-order valence-electron chi connectivity index (χ4n) is 2.89. The Hall–Kier alpha value is -2.86. The molecule has 1 aliphatic rings. The maximum Gasteiger partial charge on any atom is 0.446 e. The second kappa shape index (κ2) is 7.28. The molecule has 146 valence electrons. The molecular formula is C19H16F3N3O2S. The highest BCUT2D eigenvalue weighted by Gasteiger charge is 2.42. The molecule has 0 bridgehead atoms. The van der Waals surface area contributed by atoms with Gasteiger partial charge in [-0.25, -0.2) is 0 Å². The molecule has 9 heteroatoms. The van der Waals surface area contributed by atoms with E-state index in [0.29, 0.717) is 17.9 Å². The minimum atomic E-state index is -4.40. The summed E-state index contributed by atoms with van der Waals surface area (Å²) in [6, 6.07) is 12.2. The highest BCUT2D eigenvalue weighted by Crippen LogP contribution is 2.37. The predicted molar refractivity (Wildman–Crippen MR) is 98.8 cm³/mol. The molecule has 1 amide bonds. The zero-order chi connectivity index (χ0) is 20.5. The van der Waals surface area contributed by atoms with Gasteiger partial charge in [0.15, 0.2) is 5.54 Å². The van der Waals surface area contributed by atoms with Crippen molar-refractivity contribution >= 4 is 23.4 Å². The molecule has 1 aliphatic heterocycles. The van der Waals surface area contributed by atoms with E-state index in [1.165, 1.54) is 24.3 Å². The Bertz CT molecular complexity index is 941. The summed E-state index contributed by atoms with van der Waals surface area (Å²) in [7, 11) is 0. The van der Waals surface area contributed by atoms with Crippen LogP contribution in [0.15, 0.2) is 47.4 Å². The van der Waals surface area contributed by atoms with E-state index in [1.54, 1.807) is 25.1 Å². The number of ether oxygens (including phenoxy) is 1.